The number of benzene rings is 1. The molecule has 0 unspecified atom stereocenters. The Balaban J connectivity index is 2.01. The van der Waals surface area contributed by atoms with Crippen molar-refractivity contribution in [2.24, 2.45) is 11.3 Å². The van der Waals surface area contributed by atoms with E-state index in [1.54, 1.807) is 19.2 Å². The number of hydrogen-bond acceptors (Lipinski definition) is 4. The molecule has 1 aliphatic rings. The van der Waals surface area contributed by atoms with Crippen molar-refractivity contribution in [3.8, 4) is 5.75 Å². The molecule has 0 bridgehead atoms. The third-order valence-corrected chi connectivity index (χ3v) is 4.38. The molecule has 0 radical (unpaired) electrons. The van der Waals surface area contributed by atoms with Crippen molar-refractivity contribution < 1.29 is 9.66 Å². The first-order chi connectivity index (χ1) is 9.48. The van der Waals surface area contributed by atoms with Crippen molar-refractivity contribution in [2.45, 2.75) is 33.2 Å². The summed E-state index contributed by atoms with van der Waals surface area (Å²) < 4.78 is 5.26. The summed E-state index contributed by atoms with van der Waals surface area (Å²) in [5.41, 5.74) is 1.36. The number of nitro groups is 1. The van der Waals surface area contributed by atoms with E-state index in [4.69, 9.17) is 4.74 Å². The van der Waals surface area contributed by atoms with Gasteiger partial charge in [-0.3, -0.25) is 10.1 Å². The van der Waals surface area contributed by atoms with Crippen LogP contribution in [0.4, 0.5) is 5.69 Å². The highest BCUT2D eigenvalue weighted by Gasteiger charge is 2.44. The molecule has 1 aromatic rings. The highest BCUT2D eigenvalue weighted by Crippen LogP contribution is 2.51. The van der Waals surface area contributed by atoms with Crippen LogP contribution in [0.25, 0.3) is 0 Å². The Hall–Kier alpha value is -1.62. The number of rotatable bonds is 7. The molecule has 20 heavy (non-hydrogen) atoms. The molecule has 1 aliphatic carbocycles. The molecule has 1 fully saturated rings. The fourth-order valence-corrected chi connectivity index (χ4v) is 2.58. The maximum Gasteiger partial charge on any atom is 0.270 e. The maximum absolute atomic E-state index is 10.8. The fraction of sp³-hybridized carbons (Fsp3) is 0.600. The van der Waals surface area contributed by atoms with E-state index in [0.717, 1.165) is 12.1 Å². The van der Waals surface area contributed by atoms with Crippen LogP contribution < -0.4 is 10.1 Å². The molecule has 0 aliphatic heterocycles. The highest BCUT2D eigenvalue weighted by molar-refractivity contribution is 5.43. The lowest BCUT2D eigenvalue weighted by molar-refractivity contribution is -0.384. The molecule has 0 spiro atoms. The largest absolute Gasteiger partial charge is 0.496 e. The minimum Gasteiger partial charge on any atom is -0.496 e. The van der Waals surface area contributed by atoms with E-state index in [2.05, 4.69) is 19.2 Å². The van der Waals surface area contributed by atoms with Crippen LogP contribution in [-0.4, -0.2) is 18.6 Å². The Labute approximate surface area is 119 Å². The molecule has 1 saturated carbocycles. The van der Waals surface area contributed by atoms with Gasteiger partial charge in [0.2, 0.25) is 0 Å². The third-order valence-electron chi connectivity index (χ3n) is 4.38. The average Bonchev–Trinajstić information content (AvgIpc) is 3.19. The number of ether oxygens (including phenoxy) is 1. The molecule has 110 valence electrons. The van der Waals surface area contributed by atoms with Gasteiger partial charge in [0.05, 0.1) is 12.0 Å². The van der Waals surface area contributed by atoms with Gasteiger partial charge in [0, 0.05) is 30.8 Å². The zero-order valence-electron chi connectivity index (χ0n) is 12.3. The standard InChI is InChI=1S/C15H22N2O3/c1-11(2)15(6-7-15)10-16-9-12-8-13(17(18)19)4-5-14(12)20-3/h4-5,8,11,16H,6-7,9-10H2,1-3H3. The van der Waals surface area contributed by atoms with Gasteiger partial charge in [0.1, 0.15) is 5.75 Å². The smallest absolute Gasteiger partial charge is 0.270 e. The highest BCUT2D eigenvalue weighted by atomic mass is 16.6. The van der Waals surface area contributed by atoms with Crippen LogP contribution in [0.2, 0.25) is 0 Å². The van der Waals surface area contributed by atoms with Crippen LogP contribution in [0.3, 0.4) is 0 Å². The predicted octanol–water partition coefficient (Wildman–Crippen LogP) is 3.13. The summed E-state index contributed by atoms with van der Waals surface area (Å²) in [5.74, 6) is 1.36. The Bertz CT molecular complexity index is 496. The van der Waals surface area contributed by atoms with Crippen molar-refractivity contribution in [3.63, 3.8) is 0 Å². The molecule has 0 saturated heterocycles. The van der Waals surface area contributed by atoms with Crippen molar-refractivity contribution >= 4 is 5.69 Å². The van der Waals surface area contributed by atoms with E-state index in [-0.39, 0.29) is 10.6 Å². The van der Waals surface area contributed by atoms with Gasteiger partial charge in [0.15, 0.2) is 0 Å². The molecule has 5 nitrogen and oxygen atoms in total. The van der Waals surface area contributed by atoms with Crippen molar-refractivity contribution in [3.05, 3.63) is 33.9 Å². The number of methoxy groups -OCH3 is 1. The van der Waals surface area contributed by atoms with Crippen LogP contribution in [-0.2, 0) is 6.54 Å². The summed E-state index contributed by atoms with van der Waals surface area (Å²) in [5, 5.41) is 14.3. The number of nitro benzene ring substituents is 1. The fourth-order valence-electron chi connectivity index (χ4n) is 2.58. The van der Waals surface area contributed by atoms with Gasteiger partial charge >= 0.3 is 0 Å². The Kier molecular flexibility index (Phi) is 4.28. The van der Waals surface area contributed by atoms with Gasteiger partial charge in [-0.05, 0) is 30.2 Å². The summed E-state index contributed by atoms with van der Waals surface area (Å²) in [6.07, 6.45) is 2.54. The van der Waals surface area contributed by atoms with Crippen LogP contribution in [0, 0.1) is 21.4 Å². The minimum atomic E-state index is -0.376. The van der Waals surface area contributed by atoms with Gasteiger partial charge in [-0.15, -0.1) is 0 Å². The lowest BCUT2D eigenvalue weighted by Gasteiger charge is -2.20. The first-order valence-electron chi connectivity index (χ1n) is 7.00. The molecular weight excluding hydrogens is 256 g/mol. The molecule has 1 aromatic carbocycles. The lowest BCUT2D eigenvalue weighted by Crippen LogP contribution is -2.27. The van der Waals surface area contributed by atoms with Crippen LogP contribution >= 0.6 is 0 Å². The second kappa shape index (κ2) is 5.79. The zero-order chi connectivity index (χ0) is 14.8. The molecule has 1 N–H and O–H groups in total. The second-order valence-electron chi connectivity index (χ2n) is 5.87. The van der Waals surface area contributed by atoms with Crippen molar-refractivity contribution in [1.82, 2.24) is 5.32 Å². The van der Waals surface area contributed by atoms with Crippen LogP contribution in [0.5, 0.6) is 5.75 Å². The molecular formula is C15H22N2O3. The van der Waals surface area contributed by atoms with E-state index < -0.39 is 0 Å². The average molecular weight is 278 g/mol. The molecule has 2 rings (SSSR count). The number of nitrogens with zero attached hydrogens (tertiary/aromatic N) is 1. The van der Waals surface area contributed by atoms with Gasteiger partial charge in [0.25, 0.3) is 5.69 Å². The molecule has 0 heterocycles. The maximum atomic E-state index is 10.8. The van der Waals surface area contributed by atoms with Crippen molar-refractivity contribution in [1.29, 1.82) is 0 Å². The lowest BCUT2D eigenvalue weighted by atomic mass is 9.92. The normalized spacial score (nSPS) is 16.2. The van der Waals surface area contributed by atoms with Gasteiger partial charge in [-0.1, -0.05) is 13.8 Å². The van der Waals surface area contributed by atoms with Gasteiger partial charge in [-0.25, -0.2) is 0 Å². The quantitative estimate of drug-likeness (QED) is 0.614. The van der Waals surface area contributed by atoms with E-state index >= 15 is 0 Å². The predicted molar refractivity (Wildman–Crippen MR) is 77.9 cm³/mol. The van der Waals surface area contributed by atoms with E-state index in [9.17, 15) is 10.1 Å². The van der Waals surface area contributed by atoms with Crippen molar-refractivity contribution in [2.75, 3.05) is 13.7 Å². The molecule has 0 atom stereocenters. The van der Waals surface area contributed by atoms with Crippen LogP contribution in [0.1, 0.15) is 32.3 Å². The molecule has 0 aromatic heterocycles. The third kappa shape index (κ3) is 3.10. The molecule has 5 heteroatoms. The second-order valence-corrected chi connectivity index (χ2v) is 5.87. The first-order valence-corrected chi connectivity index (χ1v) is 7.00. The summed E-state index contributed by atoms with van der Waals surface area (Å²) in [4.78, 5) is 10.5. The Morgan fingerprint density at radius 3 is 2.65 bits per heavy atom. The van der Waals surface area contributed by atoms with E-state index in [1.807, 2.05) is 0 Å². The van der Waals surface area contributed by atoms with E-state index in [0.29, 0.717) is 23.6 Å². The topological polar surface area (TPSA) is 64.4 Å². The van der Waals surface area contributed by atoms with Crippen LogP contribution in [0.15, 0.2) is 18.2 Å². The van der Waals surface area contributed by atoms with Gasteiger partial charge < -0.3 is 10.1 Å². The Morgan fingerprint density at radius 1 is 1.45 bits per heavy atom. The minimum absolute atomic E-state index is 0.104. The van der Waals surface area contributed by atoms with Gasteiger partial charge in [-0.2, -0.15) is 0 Å². The monoisotopic (exact) mass is 278 g/mol. The number of non-ortho nitro benzene ring substituents is 1. The summed E-state index contributed by atoms with van der Waals surface area (Å²) >= 11 is 0. The molecule has 0 amide bonds. The Morgan fingerprint density at radius 2 is 2.15 bits per heavy atom. The number of hydrogen-bond donors (Lipinski definition) is 1. The van der Waals surface area contributed by atoms with E-state index in [1.165, 1.54) is 18.9 Å². The first kappa shape index (κ1) is 14.8. The summed E-state index contributed by atoms with van der Waals surface area (Å²) in [6, 6.07) is 4.71. The zero-order valence-corrected chi connectivity index (χ0v) is 12.3. The summed E-state index contributed by atoms with van der Waals surface area (Å²) in [7, 11) is 1.58. The summed E-state index contributed by atoms with van der Waals surface area (Å²) in [6.45, 7) is 6.06. The number of nitrogens with one attached hydrogen (secondary N) is 1. The SMILES string of the molecule is COc1ccc([N+](=O)[O-])cc1CNCC1(C(C)C)CC1.